The average Bonchev–Trinajstić information content (AvgIpc) is 3.54. The fourth-order valence-corrected chi connectivity index (χ4v) is 8.16. The number of nitrogens with zero attached hydrogens (tertiary/aromatic N) is 1. The highest BCUT2D eigenvalue weighted by Gasteiger charge is 2.20. The lowest BCUT2D eigenvalue weighted by Gasteiger charge is -2.20. The summed E-state index contributed by atoms with van der Waals surface area (Å²) < 4.78 is 2.38. The molecule has 0 N–H and O–H groups in total. The molecule has 10 aromatic rings. The first-order chi connectivity index (χ1) is 25.3. The molecular weight excluding hydrogens is 615 g/mol. The van der Waals surface area contributed by atoms with Gasteiger partial charge in [0.05, 0.1) is 11.0 Å². The molecule has 0 atom stereocenters. The molecule has 0 radical (unpaired) electrons. The summed E-state index contributed by atoms with van der Waals surface area (Å²) in [4.78, 5) is 0. The zero-order valence-corrected chi connectivity index (χ0v) is 28.0. The van der Waals surface area contributed by atoms with Crippen molar-refractivity contribution in [2.45, 2.75) is 0 Å². The molecule has 1 nitrogen and oxygen atoms in total. The maximum Gasteiger partial charge on any atom is 0.0541 e. The van der Waals surface area contributed by atoms with E-state index in [4.69, 9.17) is 0 Å². The van der Waals surface area contributed by atoms with E-state index in [2.05, 4.69) is 205 Å². The smallest absolute Gasteiger partial charge is 0.0541 e. The van der Waals surface area contributed by atoms with Crippen molar-refractivity contribution in [1.82, 2.24) is 4.57 Å². The molecule has 0 aliphatic rings. The molecule has 0 bridgehead atoms. The minimum Gasteiger partial charge on any atom is -0.309 e. The number of fused-ring (bicyclic) bond motifs is 5. The molecule has 1 heterocycles. The van der Waals surface area contributed by atoms with Crippen LogP contribution >= 0.6 is 0 Å². The van der Waals surface area contributed by atoms with Crippen molar-refractivity contribution in [3.63, 3.8) is 0 Å². The topological polar surface area (TPSA) is 4.93 Å². The van der Waals surface area contributed by atoms with Crippen LogP contribution in [0.1, 0.15) is 0 Å². The zero-order valence-electron chi connectivity index (χ0n) is 28.0. The maximum absolute atomic E-state index is 2.39. The van der Waals surface area contributed by atoms with Gasteiger partial charge in [-0.3, -0.25) is 0 Å². The van der Waals surface area contributed by atoms with E-state index in [-0.39, 0.29) is 0 Å². The van der Waals surface area contributed by atoms with E-state index in [1.807, 2.05) is 0 Å². The quantitative estimate of drug-likeness (QED) is 0.164. The first-order valence-electron chi connectivity index (χ1n) is 17.6. The van der Waals surface area contributed by atoms with Gasteiger partial charge in [0.15, 0.2) is 0 Å². The van der Waals surface area contributed by atoms with E-state index in [9.17, 15) is 0 Å². The van der Waals surface area contributed by atoms with Gasteiger partial charge in [-0.05, 0) is 102 Å². The van der Waals surface area contributed by atoms with Crippen LogP contribution in [0.5, 0.6) is 0 Å². The van der Waals surface area contributed by atoms with Crippen molar-refractivity contribution in [3.05, 3.63) is 200 Å². The van der Waals surface area contributed by atoms with Crippen LogP contribution in [0.4, 0.5) is 0 Å². The summed E-state index contributed by atoms with van der Waals surface area (Å²) in [5.74, 6) is 0. The Morgan fingerprint density at radius 2 is 0.765 bits per heavy atom. The van der Waals surface area contributed by atoms with E-state index in [1.165, 1.54) is 93.5 Å². The van der Waals surface area contributed by atoms with Gasteiger partial charge in [0, 0.05) is 16.5 Å². The molecule has 0 spiro atoms. The Morgan fingerprint density at radius 1 is 0.255 bits per heavy atom. The Kier molecular flexibility index (Phi) is 6.89. The second kappa shape index (κ2) is 12.0. The van der Waals surface area contributed by atoms with Crippen molar-refractivity contribution < 1.29 is 0 Å². The third-order valence-corrected chi connectivity index (χ3v) is 10.4. The summed E-state index contributed by atoms with van der Waals surface area (Å²) in [6.07, 6.45) is 0. The fourth-order valence-electron chi connectivity index (χ4n) is 8.16. The molecule has 10 rings (SSSR count). The third kappa shape index (κ3) is 4.78. The van der Waals surface area contributed by atoms with E-state index in [0.717, 1.165) is 0 Å². The molecule has 0 unspecified atom stereocenters. The Hall–Kier alpha value is -6.70. The third-order valence-electron chi connectivity index (χ3n) is 10.4. The van der Waals surface area contributed by atoms with Gasteiger partial charge in [-0.2, -0.15) is 0 Å². The van der Waals surface area contributed by atoms with Gasteiger partial charge >= 0.3 is 0 Å². The summed E-state index contributed by atoms with van der Waals surface area (Å²) in [7, 11) is 0. The van der Waals surface area contributed by atoms with E-state index >= 15 is 0 Å². The van der Waals surface area contributed by atoms with Crippen molar-refractivity contribution in [3.8, 4) is 50.2 Å². The number of hydrogen-bond acceptors (Lipinski definition) is 0. The number of rotatable bonds is 5. The largest absolute Gasteiger partial charge is 0.309 e. The van der Waals surface area contributed by atoms with Gasteiger partial charge in [-0.15, -0.1) is 0 Å². The van der Waals surface area contributed by atoms with Crippen LogP contribution in [-0.4, -0.2) is 4.57 Å². The molecular formula is C50H33N. The first-order valence-corrected chi connectivity index (χ1v) is 17.6. The summed E-state index contributed by atoms with van der Waals surface area (Å²) in [6, 6.07) is 72.9. The van der Waals surface area contributed by atoms with Crippen molar-refractivity contribution in [2.75, 3.05) is 0 Å². The lowest BCUT2D eigenvalue weighted by molar-refractivity contribution is 1.18. The van der Waals surface area contributed by atoms with Gasteiger partial charge < -0.3 is 4.57 Å². The number of hydrogen-bond donors (Lipinski definition) is 0. The van der Waals surface area contributed by atoms with Crippen molar-refractivity contribution in [1.29, 1.82) is 0 Å². The molecule has 238 valence electrons. The van der Waals surface area contributed by atoms with E-state index < -0.39 is 0 Å². The van der Waals surface area contributed by atoms with Crippen molar-refractivity contribution in [2.24, 2.45) is 0 Å². The Morgan fingerprint density at radius 3 is 1.47 bits per heavy atom. The summed E-state index contributed by atoms with van der Waals surface area (Å²) in [6.45, 7) is 0. The van der Waals surface area contributed by atoms with Gasteiger partial charge in [0.1, 0.15) is 0 Å². The highest BCUT2D eigenvalue weighted by molar-refractivity contribution is 6.22. The summed E-state index contributed by atoms with van der Waals surface area (Å²) in [5.41, 5.74) is 13.5. The van der Waals surface area contributed by atoms with Crippen LogP contribution in [0.25, 0.3) is 93.5 Å². The number of aromatic nitrogens is 1. The highest BCUT2D eigenvalue weighted by Crippen LogP contribution is 2.47. The summed E-state index contributed by atoms with van der Waals surface area (Å²) >= 11 is 0. The Labute approximate surface area is 297 Å². The minimum atomic E-state index is 1.17. The predicted octanol–water partition coefficient (Wildman–Crippen LogP) is 13.8. The molecule has 0 fully saturated rings. The standard InChI is InChI=1S/C50H33N/c1-3-16-34(17-4-1)35-18-15-19-37(32-35)49-42-25-9-11-27-44(42)50(45-28-12-10-26-43(45)49)41-24-8-7-22-39(41)36-30-31-48-46(33-36)40-23-13-14-29-47(40)51(48)38-20-5-2-6-21-38/h1-33H. The van der Waals surface area contributed by atoms with Gasteiger partial charge in [0.25, 0.3) is 0 Å². The minimum absolute atomic E-state index is 1.17. The van der Waals surface area contributed by atoms with E-state index in [1.54, 1.807) is 0 Å². The van der Waals surface area contributed by atoms with Gasteiger partial charge in [-0.25, -0.2) is 0 Å². The maximum atomic E-state index is 2.39. The predicted molar refractivity (Wildman–Crippen MR) is 218 cm³/mol. The molecule has 0 saturated heterocycles. The van der Waals surface area contributed by atoms with Crippen LogP contribution in [0, 0.1) is 0 Å². The normalized spacial score (nSPS) is 11.5. The molecule has 0 aliphatic carbocycles. The molecule has 1 aromatic heterocycles. The molecule has 1 heteroatoms. The van der Waals surface area contributed by atoms with Gasteiger partial charge in [-0.1, -0.05) is 164 Å². The van der Waals surface area contributed by atoms with Crippen LogP contribution in [0.3, 0.4) is 0 Å². The fraction of sp³-hybridized carbons (Fsp3) is 0. The SMILES string of the molecule is c1ccc(-c2cccc(-c3c4ccccc4c(-c4ccccc4-c4ccc5c(c4)c4ccccc4n5-c4ccccc4)c4ccccc34)c2)cc1. The second-order valence-corrected chi connectivity index (χ2v) is 13.3. The number of benzene rings is 9. The molecule has 51 heavy (non-hydrogen) atoms. The molecule has 0 aliphatic heterocycles. The monoisotopic (exact) mass is 647 g/mol. The van der Waals surface area contributed by atoms with Crippen LogP contribution < -0.4 is 0 Å². The lowest BCUT2D eigenvalue weighted by Crippen LogP contribution is -1.94. The molecule has 0 amide bonds. The van der Waals surface area contributed by atoms with Crippen LogP contribution in [-0.2, 0) is 0 Å². The van der Waals surface area contributed by atoms with Crippen LogP contribution in [0.15, 0.2) is 200 Å². The first kappa shape index (κ1) is 29.2. The summed E-state index contributed by atoms with van der Waals surface area (Å²) in [5, 5.41) is 7.54. The zero-order chi connectivity index (χ0) is 33.7. The molecule has 9 aromatic carbocycles. The average molecular weight is 648 g/mol. The second-order valence-electron chi connectivity index (χ2n) is 13.3. The number of para-hydroxylation sites is 2. The Bertz CT molecular complexity index is 2840. The Balaban J connectivity index is 1.22. The highest BCUT2D eigenvalue weighted by atomic mass is 15.0. The van der Waals surface area contributed by atoms with Crippen LogP contribution in [0.2, 0.25) is 0 Å². The van der Waals surface area contributed by atoms with Crippen molar-refractivity contribution >= 4 is 43.4 Å². The van der Waals surface area contributed by atoms with Gasteiger partial charge in [0.2, 0.25) is 0 Å². The van der Waals surface area contributed by atoms with E-state index in [0.29, 0.717) is 0 Å². The lowest BCUT2D eigenvalue weighted by atomic mass is 9.83. The molecule has 0 saturated carbocycles.